The number of nitrogens with one attached hydrogen (secondary N) is 1. The van der Waals surface area contributed by atoms with Crippen LogP contribution in [0.25, 0.3) is 0 Å². The number of benzene rings is 1. The van der Waals surface area contributed by atoms with Crippen molar-refractivity contribution in [1.82, 2.24) is 5.32 Å². The van der Waals surface area contributed by atoms with E-state index in [-0.39, 0.29) is 0 Å². The summed E-state index contributed by atoms with van der Waals surface area (Å²) in [6.45, 7) is 1.30. The summed E-state index contributed by atoms with van der Waals surface area (Å²) >= 11 is 7.78. The largest absolute Gasteiger partial charge is 0.312 e. The van der Waals surface area contributed by atoms with E-state index in [1.807, 2.05) is 6.26 Å². The molecule has 6 heteroatoms. The Balaban J connectivity index is 2.89. The lowest BCUT2D eigenvalue weighted by molar-refractivity contribution is 0.599. The Labute approximate surface area is 112 Å². The zero-order valence-electron chi connectivity index (χ0n) is 9.86. The average Bonchev–Trinajstić information content (AvgIpc) is 2.24. The number of rotatable bonds is 6. The van der Waals surface area contributed by atoms with Crippen molar-refractivity contribution in [2.75, 3.05) is 24.8 Å². The molecule has 0 saturated heterocycles. The normalized spacial score (nSPS) is 11.7. The zero-order chi connectivity index (χ0) is 12.9. The van der Waals surface area contributed by atoms with Crippen molar-refractivity contribution in [3.05, 3.63) is 28.8 Å². The van der Waals surface area contributed by atoms with Crippen molar-refractivity contribution in [3.63, 3.8) is 0 Å². The van der Waals surface area contributed by atoms with E-state index in [2.05, 4.69) is 5.32 Å². The van der Waals surface area contributed by atoms with Crippen molar-refractivity contribution in [2.45, 2.75) is 11.4 Å². The van der Waals surface area contributed by atoms with Crippen LogP contribution < -0.4 is 5.32 Å². The summed E-state index contributed by atoms with van der Waals surface area (Å²) in [6.07, 6.45) is 3.23. The Morgan fingerprint density at radius 1 is 1.41 bits per heavy atom. The van der Waals surface area contributed by atoms with Crippen LogP contribution >= 0.6 is 23.4 Å². The molecule has 17 heavy (non-hydrogen) atoms. The van der Waals surface area contributed by atoms with Gasteiger partial charge in [0.2, 0.25) is 0 Å². The van der Waals surface area contributed by atoms with Gasteiger partial charge in [-0.2, -0.15) is 11.8 Å². The second-order valence-corrected chi connectivity index (χ2v) is 7.04. The number of halogens is 1. The molecule has 0 aromatic heterocycles. The van der Waals surface area contributed by atoms with Crippen LogP contribution in [0.3, 0.4) is 0 Å². The molecule has 0 aliphatic heterocycles. The molecule has 0 amide bonds. The highest BCUT2D eigenvalue weighted by atomic mass is 35.5. The number of thioether (sulfide) groups is 1. The molecule has 0 atom stereocenters. The fraction of sp³-hybridized carbons (Fsp3) is 0.455. The SMILES string of the molecule is CSCCNCc1c(Cl)cccc1S(C)(=O)=O. The maximum absolute atomic E-state index is 11.6. The Kier molecular flexibility index (Phi) is 5.79. The zero-order valence-corrected chi connectivity index (χ0v) is 12.3. The molecule has 0 unspecified atom stereocenters. The highest BCUT2D eigenvalue weighted by molar-refractivity contribution is 7.98. The lowest BCUT2D eigenvalue weighted by Crippen LogP contribution is -2.18. The van der Waals surface area contributed by atoms with Crippen molar-refractivity contribution >= 4 is 33.2 Å². The van der Waals surface area contributed by atoms with Gasteiger partial charge in [0.05, 0.1) is 4.90 Å². The maximum atomic E-state index is 11.6. The van der Waals surface area contributed by atoms with Crippen LogP contribution in [0.15, 0.2) is 23.1 Å². The maximum Gasteiger partial charge on any atom is 0.175 e. The molecule has 0 aliphatic rings. The van der Waals surface area contributed by atoms with E-state index in [0.717, 1.165) is 12.3 Å². The smallest absolute Gasteiger partial charge is 0.175 e. The van der Waals surface area contributed by atoms with Gasteiger partial charge in [-0.1, -0.05) is 17.7 Å². The highest BCUT2D eigenvalue weighted by Crippen LogP contribution is 2.23. The summed E-state index contributed by atoms with van der Waals surface area (Å²) in [6, 6.07) is 4.96. The van der Waals surface area contributed by atoms with E-state index in [1.54, 1.807) is 30.0 Å². The molecule has 3 nitrogen and oxygen atoms in total. The van der Waals surface area contributed by atoms with E-state index in [9.17, 15) is 8.42 Å². The molecule has 1 rings (SSSR count). The molecular formula is C11H16ClNO2S2. The summed E-state index contributed by atoms with van der Waals surface area (Å²) in [7, 11) is -3.23. The standard InChI is InChI=1S/C11H16ClNO2S2/c1-16-7-6-13-8-9-10(12)4-3-5-11(9)17(2,14)15/h3-5,13H,6-8H2,1-2H3. The second kappa shape index (κ2) is 6.64. The van der Waals surface area contributed by atoms with Gasteiger partial charge in [-0.05, 0) is 18.4 Å². The molecule has 96 valence electrons. The highest BCUT2D eigenvalue weighted by Gasteiger charge is 2.15. The van der Waals surface area contributed by atoms with Gasteiger partial charge in [0.15, 0.2) is 9.84 Å². The van der Waals surface area contributed by atoms with Crippen molar-refractivity contribution < 1.29 is 8.42 Å². The molecule has 0 spiro atoms. The Bertz CT molecular complexity index is 474. The number of hydrogen-bond donors (Lipinski definition) is 1. The molecule has 0 saturated carbocycles. The minimum atomic E-state index is -3.23. The Morgan fingerprint density at radius 2 is 2.12 bits per heavy atom. The van der Waals surface area contributed by atoms with Crippen molar-refractivity contribution in [1.29, 1.82) is 0 Å². The summed E-state index contributed by atoms with van der Waals surface area (Å²) < 4.78 is 23.2. The monoisotopic (exact) mass is 293 g/mol. The van der Waals surface area contributed by atoms with Gasteiger partial charge in [0.25, 0.3) is 0 Å². The molecule has 0 fully saturated rings. The summed E-state index contributed by atoms with van der Waals surface area (Å²) in [5, 5.41) is 3.68. The topological polar surface area (TPSA) is 46.2 Å². The van der Waals surface area contributed by atoms with Crippen molar-refractivity contribution in [3.8, 4) is 0 Å². The third kappa shape index (κ3) is 4.50. The third-order valence-corrected chi connectivity index (χ3v) is 4.41. The summed E-state index contributed by atoms with van der Waals surface area (Å²) in [5.41, 5.74) is 0.651. The molecule has 0 radical (unpaired) electrons. The molecule has 1 N–H and O–H groups in total. The fourth-order valence-corrected chi connectivity index (χ4v) is 3.05. The lowest BCUT2D eigenvalue weighted by atomic mass is 10.2. The molecule has 1 aromatic carbocycles. The Hall–Kier alpha value is -0.230. The van der Waals surface area contributed by atoms with E-state index < -0.39 is 9.84 Å². The van der Waals surface area contributed by atoms with Crippen LogP contribution in [0.5, 0.6) is 0 Å². The van der Waals surface area contributed by atoms with Gasteiger partial charge < -0.3 is 5.32 Å². The predicted octanol–water partition coefficient (Wildman–Crippen LogP) is 2.20. The molecule has 1 aromatic rings. The van der Waals surface area contributed by atoms with Crippen LogP contribution in [0, 0.1) is 0 Å². The van der Waals surface area contributed by atoms with Crippen LogP contribution in [-0.4, -0.2) is 33.2 Å². The minimum Gasteiger partial charge on any atom is -0.312 e. The molecule has 0 bridgehead atoms. The minimum absolute atomic E-state index is 0.307. The summed E-state index contributed by atoms with van der Waals surface area (Å²) in [4.78, 5) is 0.307. The van der Waals surface area contributed by atoms with Crippen LogP contribution in [-0.2, 0) is 16.4 Å². The molecule has 0 aliphatic carbocycles. The Morgan fingerprint density at radius 3 is 2.71 bits per heavy atom. The first-order valence-corrected chi connectivity index (χ1v) is 8.80. The molecular weight excluding hydrogens is 278 g/mol. The van der Waals surface area contributed by atoms with Crippen LogP contribution in [0.4, 0.5) is 0 Å². The second-order valence-electron chi connectivity index (χ2n) is 3.66. The van der Waals surface area contributed by atoms with E-state index in [0.29, 0.717) is 22.0 Å². The van der Waals surface area contributed by atoms with Crippen LogP contribution in [0.2, 0.25) is 5.02 Å². The summed E-state index contributed by atoms with van der Waals surface area (Å²) in [5.74, 6) is 0.985. The van der Waals surface area contributed by atoms with E-state index in [1.165, 1.54) is 6.26 Å². The first kappa shape index (κ1) is 14.8. The third-order valence-electron chi connectivity index (χ3n) is 2.26. The van der Waals surface area contributed by atoms with E-state index in [4.69, 9.17) is 11.6 Å². The molecule has 0 heterocycles. The van der Waals surface area contributed by atoms with Gasteiger partial charge in [0.1, 0.15) is 0 Å². The van der Waals surface area contributed by atoms with Gasteiger partial charge >= 0.3 is 0 Å². The van der Waals surface area contributed by atoms with Crippen molar-refractivity contribution in [2.24, 2.45) is 0 Å². The predicted molar refractivity (Wildman–Crippen MR) is 74.7 cm³/mol. The number of sulfone groups is 1. The van der Waals surface area contributed by atoms with E-state index >= 15 is 0 Å². The average molecular weight is 294 g/mol. The van der Waals surface area contributed by atoms with Gasteiger partial charge in [0, 0.05) is 35.7 Å². The first-order chi connectivity index (χ1) is 7.96. The van der Waals surface area contributed by atoms with Gasteiger partial charge in [-0.3, -0.25) is 0 Å². The quantitative estimate of drug-likeness (QED) is 0.817. The fourth-order valence-electron chi connectivity index (χ4n) is 1.45. The van der Waals surface area contributed by atoms with Gasteiger partial charge in [-0.15, -0.1) is 0 Å². The lowest BCUT2D eigenvalue weighted by Gasteiger charge is -2.10. The van der Waals surface area contributed by atoms with Gasteiger partial charge in [-0.25, -0.2) is 8.42 Å². The first-order valence-electron chi connectivity index (χ1n) is 5.14. The number of hydrogen-bond acceptors (Lipinski definition) is 4. The van der Waals surface area contributed by atoms with Crippen LogP contribution in [0.1, 0.15) is 5.56 Å².